The van der Waals surface area contributed by atoms with Gasteiger partial charge >= 0.3 is 12.0 Å². The number of hydrogen-bond acceptors (Lipinski definition) is 5. The second kappa shape index (κ2) is 13.7. The zero-order valence-electron chi connectivity index (χ0n) is 25.5. The van der Waals surface area contributed by atoms with Gasteiger partial charge in [0.15, 0.2) is 5.78 Å². The lowest BCUT2D eigenvalue weighted by Gasteiger charge is -2.37. The molecule has 1 aromatic carbocycles. The molecule has 2 amide bonds. The number of Topliss-reactive ketones (excluding diaryl/α,β-unsaturated/α-hetero) is 1. The Balaban J connectivity index is 1.40. The zero-order chi connectivity index (χ0) is 28.9. The molecule has 1 aromatic rings. The molecule has 4 atom stereocenters. The van der Waals surface area contributed by atoms with Crippen molar-refractivity contribution in [3.05, 3.63) is 29.8 Å². The molecule has 0 aromatic heterocycles. The fraction of sp³-hybridized carbons (Fsp3) is 0.735. The van der Waals surface area contributed by atoms with Crippen LogP contribution in [0.15, 0.2) is 24.3 Å². The number of nitrogens with one attached hydrogen (secondary N) is 1. The molecule has 0 unspecified atom stereocenters. The summed E-state index contributed by atoms with van der Waals surface area (Å²) in [4.78, 5) is 42.9. The van der Waals surface area contributed by atoms with Gasteiger partial charge in [0.1, 0.15) is 12.6 Å². The number of hydrogen-bond donors (Lipinski definition) is 1. The molecule has 0 spiro atoms. The van der Waals surface area contributed by atoms with Gasteiger partial charge in [0.05, 0.1) is 18.3 Å². The molecule has 41 heavy (non-hydrogen) atoms. The first-order valence-corrected chi connectivity index (χ1v) is 16.5. The molecule has 5 rings (SSSR count). The molecule has 7 nitrogen and oxygen atoms in total. The summed E-state index contributed by atoms with van der Waals surface area (Å²) < 4.78 is 6.14. The second-order valence-corrected chi connectivity index (χ2v) is 13.7. The number of ketones is 1. The summed E-state index contributed by atoms with van der Waals surface area (Å²) in [6.45, 7) is 6.51. The summed E-state index contributed by atoms with van der Waals surface area (Å²) in [6, 6.07) is 7.58. The van der Waals surface area contributed by atoms with Crippen LogP contribution in [0.4, 0.5) is 10.5 Å². The highest BCUT2D eigenvalue weighted by Crippen LogP contribution is 2.41. The first-order valence-electron chi connectivity index (χ1n) is 16.5. The number of carbonyl (C=O) groups excluding carboxylic acids is 3. The lowest BCUT2D eigenvalue weighted by molar-refractivity contribution is -0.157. The Morgan fingerprint density at radius 3 is 2.32 bits per heavy atom. The van der Waals surface area contributed by atoms with Gasteiger partial charge in [0.2, 0.25) is 0 Å². The van der Waals surface area contributed by atoms with Crippen LogP contribution in [0.5, 0.6) is 0 Å². The van der Waals surface area contributed by atoms with Crippen molar-refractivity contribution in [3.63, 3.8) is 0 Å². The minimum Gasteiger partial charge on any atom is -0.461 e. The number of para-hydroxylation sites is 1. The Morgan fingerprint density at radius 1 is 0.927 bits per heavy atom. The number of hydrazine groups is 1. The number of rotatable bonds is 8. The van der Waals surface area contributed by atoms with Crippen molar-refractivity contribution < 1.29 is 19.1 Å². The third-order valence-corrected chi connectivity index (χ3v) is 10.3. The van der Waals surface area contributed by atoms with Crippen LogP contribution >= 0.6 is 0 Å². The molecule has 3 saturated carbocycles. The molecule has 0 radical (unpaired) electrons. The SMILES string of the molecule is CC(C)[C@@H]1CC[C@@H](C)C[C@@H]1OC(=O)CN1N[C@@H](C2CCCCC2)c2ccccc2N(CC(=O)C2CCCCC2)C1=O. The molecule has 226 valence electrons. The molecular weight excluding hydrogens is 514 g/mol. The monoisotopic (exact) mass is 565 g/mol. The van der Waals surface area contributed by atoms with Crippen LogP contribution in [-0.2, 0) is 14.3 Å². The quantitative estimate of drug-likeness (QED) is 0.337. The van der Waals surface area contributed by atoms with Crippen molar-refractivity contribution in [2.24, 2.45) is 29.6 Å². The summed E-state index contributed by atoms with van der Waals surface area (Å²) in [5, 5.41) is 1.46. The minimum atomic E-state index is -0.373. The number of ether oxygens (including phenoxy) is 1. The third kappa shape index (κ3) is 7.15. The number of amides is 2. The summed E-state index contributed by atoms with van der Waals surface area (Å²) >= 11 is 0. The molecule has 0 saturated heterocycles. The smallest absolute Gasteiger partial charge is 0.339 e. The normalized spacial score (nSPS) is 28.3. The van der Waals surface area contributed by atoms with E-state index in [-0.39, 0.29) is 48.9 Å². The first kappa shape index (κ1) is 30.1. The van der Waals surface area contributed by atoms with Gasteiger partial charge in [-0.1, -0.05) is 83.9 Å². The van der Waals surface area contributed by atoms with Gasteiger partial charge in [-0.2, -0.15) is 0 Å². The lowest BCUT2D eigenvalue weighted by Crippen LogP contribution is -2.53. The highest BCUT2D eigenvalue weighted by molar-refractivity contribution is 6.00. The van der Waals surface area contributed by atoms with Crippen molar-refractivity contribution in [1.82, 2.24) is 10.4 Å². The van der Waals surface area contributed by atoms with E-state index in [0.29, 0.717) is 23.7 Å². The summed E-state index contributed by atoms with van der Waals surface area (Å²) in [5.74, 6) is 1.41. The predicted molar refractivity (Wildman–Crippen MR) is 161 cm³/mol. The minimum absolute atomic E-state index is 0.00809. The van der Waals surface area contributed by atoms with E-state index < -0.39 is 0 Å². The molecule has 1 heterocycles. The molecule has 3 aliphatic carbocycles. The Kier molecular flexibility index (Phi) is 10.1. The van der Waals surface area contributed by atoms with E-state index >= 15 is 0 Å². The van der Waals surface area contributed by atoms with Gasteiger partial charge in [0.25, 0.3) is 0 Å². The van der Waals surface area contributed by atoms with Gasteiger partial charge in [-0.15, -0.1) is 0 Å². The number of urea groups is 1. The van der Waals surface area contributed by atoms with Crippen molar-refractivity contribution in [3.8, 4) is 0 Å². The van der Waals surface area contributed by atoms with Gasteiger partial charge in [-0.05, 0) is 73.8 Å². The van der Waals surface area contributed by atoms with Crippen molar-refractivity contribution in [2.75, 3.05) is 18.0 Å². The Hall–Kier alpha value is -2.41. The molecule has 1 aliphatic heterocycles. The van der Waals surface area contributed by atoms with Crippen LogP contribution in [0.25, 0.3) is 0 Å². The third-order valence-electron chi connectivity index (χ3n) is 10.3. The van der Waals surface area contributed by atoms with E-state index in [9.17, 15) is 14.4 Å². The number of nitrogens with zero attached hydrogens (tertiary/aromatic N) is 2. The molecule has 4 aliphatic rings. The summed E-state index contributed by atoms with van der Waals surface area (Å²) in [6.07, 6.45) is 13.8. The van der Waals surface area contributed by atoms with Gasteiger partial charge < -0.3 is 4.74 Å². The molecule has 1 N–H and O–H groups in total. The Labute approximate surface area is 246 Å². The maximum atomic E-state index is 14.2. The Morgan fingerprint density at radius 2 is 1.61 bits per heavy atom. The van der Waals surface area contributed by atoms with E-state index in [4.69, 9.17) is 4.74 Å². The predicted octanol–water partition coefficient (Wildman–Crippen LogP) is 7.21. The van der Waals surface area contributed by atoms with Gasteiger partial charge in [-0.3, -0.25) is 14.5 Å². The van der Waals surface area contributed by atoms with Gasteiger partial charge in [0, 0.05) is 5.92 Å². The fourth-order valence-corrected chi connectivity index (χ4v) is 7.93. The molecule has 0 bridgehead atoms. The number of esters is 1. The maximum Gasteiger partial charge on any atom is 0.339 e. The summed E-state index contributed by atoms with van der Waals surface area (Å²) in [5.41, 5.74) is 5.35. The fourth-order valence-electron chi connectivity index (χ4n) is 7.93. The van der Waals surface area contributed by atoms with E-state index in [1.165, 1.54) is 30.7 Å². The van der Waals surface area contributed by atoms with Crippen molar-refractivity contribution in [2.45, 2.75) is 116 Å². The largest absolute Gasteiger partial charge is 0.461 e. The van der Waals surface area contributed by atoms with Crippen LogP contribution in [0.1, 0.15) is 116 Å². The highest BCUT2D eigenvalue weighted by atomic mass is 16.5. The number of carbonyl (C=O) groups is 3. The standard InChI is InChI=1S/C34H51N3O4/c1-23(2)27-19-18-24(3)20-31(27)41-32(39)22-37-34(40)36(21-30(38)25-12-6-4-7-13-25)29-17-11-10-16-28(29)33(35-37)26-14-8-5-9-15-26/h10-11,16-17,23-27,31,33,35H,4-9,12-15,18-22H2,1-3H3/t24-,27+,31+,33+/m1/s1. The van der Waals surface area contributed by atoms with Crippen molar-refractivity contribution in [1.29, 1.82) is 0 Å². The van der Waals surface area contributed by atoms with Crippen LogP contribution < -0.4 is 10.3 Å². The second-order valence-electron chi connectivity index (χ2n) is 13.7. The number of benzene rings is 1. The average molecular weight is 566 g/mol. The van der Waals surface area contributed by atoms with Crippen LogP contribution in [0.2, 0.25) is 0 Å². The molecule has 3 fully saturated rings. The van der Waals surface area contributed by atoms with Crippen LogP contribution in [0.3, 0.4) is 0 Å². The van der Waals surface area contributed by atoms with E-state index in [1.54, 1.807) is 4.90 Å². The topological polar surface area (TPSA) is 79.0 Å². The zero-order valence-corrected chi connectivity index (χ0v) is 25.5. The van der Waals surface area contributed by atoms with Crippen molar-refractivity contribution >= 4 is 23.5 Å². The number of fused-ring (bicyclic) bond motifs is 1. The van der Waals surface area contributed by atoms with Gasteiger partial charge in [-0.25, -0.2) is 15.2 Å². The van der Waals surface area contributed by atoms with Crippen LogP contribution in [-0.4, -0.2) is 42.0 Å². The highest BCUT2D eigenvalue weighted by Gasteiger charge is 2.40. The number of anilines is 1. The van der Waals surface area contributed by atoms with E-state index in [2.05, 4.69) is 32.3 Å². The van der Waals surface area contributed by atoms with Crippen LogP contribution in [0, 0.1) is 29.6 Å². The molecular formula is C34H51N3O4. The van der Waals surface area contributed by atoms with E-state index in [1.807, 2.05) is 18.2 Å². The Bertz CT molecular complexity index is 1060. The van der Waals surface area contributed by atoms with E-state index in [0.717, 1.165) is 69.0 Å². The lowest BCUT2D eigenvalue weighted by atomic mass is 9.75. The summed E-state index contributed by atoms with van der Waals surface area (Å²) in [7, 11) is 0. The maximum absolute atomic E-state index is 14.2. The average Bonchev–Trinajstić information content (AvgIpc) is 3.08. The molecule has 7 heteroatoms. The first-order chi connectivity index (χ1) is 19.8.